The van der Waals surface area contributed by atoms with Gasteiger partial charge in [-0.3, -0.25) is 9.20 Å². The molecule has 1 N–H and O–H groups in total. The molecule has 2 saturated heterocycles. The number of fused-ring (bicyclic) bond motifs is 1. The highest BCUT2D eigenvalue weighted by Crippen LogP contribution is 2.36. The monoisotopic (exact) mass is 460 g/mol. The number of likely N-dealkylation sites (tertiary alicyclic amines) is 1. The highest BCUT2D eigenvalue weighted by Gasteiger charge is 2.38. The van der Waals surface area contributed by atoms with Crippen molar-refractivity contribution in [2.24, 2.45) is 0 Å². The van der Waals surface area contributed by atoms with E-state index in [9.17, 15) is 27.9 Å². The molecule has 168 valence electrons. The molecular weight excluding hydrogens is 441 g/mol. The highest BCUT2D eigenvalue weighted by atomic mass is 35.5. The van der Waals surface area contributed by atoms with Crippen LogP contribution >= 0.6 is 11.6 Å². The summed E-state index contributed by atoms with van der Waals surface area (Å²) in [5.74, 6) is -0.581. The van der Waals surface area contributed by atoms with E-state index < -0.39 is 29.4 Å². The quantitative estimate of drug-likeness (QED) is 0.760. The zero-order valence-electron chi connectivity index (χ0n) is 16.5. The van der Waals surface area contributed by atoms with Crippen molar-refractivity contribution in [1.82, 2.24) is 19.2 Å². The normalized spacial score (nSPS) is 19.2. The van der Waals surface area contributed by atoms with Gasteiger partial charge in [0.2, 0.25) is 0 Å². The van der Waals surface area contributed by atoms with Crippen molar-refractivity contribution >= 4 is 29.2 Å². The van der Waals surface area contributed by atoms with E-state index in [0.717, 1.165) is 10.5 Å². The first-order valence-electron chi connectivity index (χ1n) is 9.77. The number of piperidine rings is 1. The van der Waals surface area contributed by atoms with E-state index in [4.69, 9.17) is 16.3 Å². The molecular formula is C19H20ClF3N4O4. The Kier molecular flexibility index (Phi) is 5.50. The Hall–Kier alpha value is -2.53. The molecule has 4 heterocycles. The number of imidazole rings is 1. The fraction of sp³-hybridized carbons (Fsp3) is 0.526. The molecule has 1 unspecified atom stereocenters. The molecule has 12 heteroatoms. The van der Waals surface area contributed by atoms with Gasteiger partial charge in [-0.1, -0.05) is 11.6 Å². The average molecular weight is 461 g/mol. The summed E-state index contributed by atoms with van der Waals surface area (Å²) in [6, 6.07) is 0.749. The Morgan fingerprint density at radius 1 is 1.32 bits per heavy atom. The third-order valence-corrected chi connectivity index (χ3v) is 6.02. The van der Waals surface area contributed by atoms with E-state index in [1.165, 1.54) is 18.0 Å². The first kappa shape index (κ1) is 21.7. The van der Waals surface area contributed by atoms with Crippen LogP contribution in [-0.4, -0.2) is 68.6 Å². The Labute approximate surface area is 180 Å². The zero-order valence-corrected chi connectivity index (χ0v) is 17.3. The average Bonchev–Trinajstić information content (AvgIpc) is 3.29. The van der Waals surface area contributed by atoms with E-state index >= 15 is 0 Å². The SMILES string of the molecule is CC(O)c1cc(C(F)(F)F)c2nc(C(=O)N3CCC(N4CCOC4=O)CC3)c(Cl)n2c1. The summed E-state index contributed by atoms with van der Waals surface area (Å²) in [5.41, 5.74) is -1.87. The number of hydrogen-bond acceptors (Lipinski definition) is 5. The number of ether oxygens (including phenoxy) is 1. The number of aliphatic hydroxyl groups is 1. The standard InChI is InChI=1S/C19H20ClF3N4O4/c1-10(28)11-8-13(19(21,22)23)16-24-14(15(20)27(16)9-11)17(29)25-4-2-12(3-5-25)26-6-7-31-18(26)30/h8-10,12,28H,2-7H2,1H3. The van der Waals surface area contributed by atoms with Gasteiger partial charge in [0.05, 0.1) is 18.2 Å². The number of cyclic esters (lactones) is 1. The van der Waals surface area contributed by atoms with Crippen molar-refractivity contribution in [2.45, 2.75) is 38.1 Å². The molecule has 0 saturated carbocycles. The Morgan fingerprint density at radius 3 is 2.55 bits per heavy atom. The number of carbonyl (C=O) groups is 2. The third-order valence-electron chi connectivity index (χ3n) is 5.66. The number of halogens is 4. The highest BCUT2D eigenvalue weighted by molar-refractivity contribution is 6.33. The molecule has 0 radical (unpaired) electrons. The van der Waals surface area contributed by atoms with E-state index in [1.54, 1.807) is 4.90 Å². The van der Waals surface area contributed by atoms with Gasteiger partial charge in [-0.05, 0) is 31.4 Å². The number of alkyl halides is 3. The number of carbonyl (C=O) groups excluding carboxylic acids is 2. The Bertz CT molecular complexity index is 1030. The summed E-state index contributed by atoms with van der Waals surface area (Å²) in [7, 11) is 0. The number of aliphatic hydroxyl groups excluding tert-OH is 1. The van der Waals surface area contributed by atoms with Crippen LogP contribution in [-0.2, 0) is 10.9 Å². The molecule has 8 nitrogen and oxygen atoms in total. The van der Waals surface area contributed by atoms with Crippen LogP contribution in [0.1, 0.15) is 47.5 Å². The number of pyridine rings is 1. The smallest absolute Gasteiger partial charge is 0.419 e. The maximum Gasteiger partial charge on any atom is 0.419 e. The predicted molar refractivity (Wildman–Crippen MR) is 103 cm³/mol. The van der Waals surface area contributed by atoms with Gasteiger partial charge in [-0.2, -0.15) is 13.2 Å². The molecule has 4 rings (SSSR count). The van der Waals surface area contributed by atoms with Gasteiger partial charge in [0, 0.05) is 25.3 Å². The molecule has 0 spiro atoms. The van der Waals surface area contributed by atoms with Gasteiger partial charge in [-0.15, -0.1) is 0 Å². The predicted octanol–water partition coefficient (Wildman–Crippen LogP) is 3.12. The van der Waals surface area contributed by atoms with Crippen LogP contribution in [0.15, 0.2) is 12.3 Å². The summed E-state index contributed by atoms with van der Waals surface area (Å²) in [5, 5.41) is 9.51. The Morgan fingerprint density at radius 2 is 2.00 bits per heavy atom. The molecule has 31 heavy (non-hydrogen) atoms. The third kappa shape index (κ3) is 3.91. The first-order valence-corrected chi connectivity index (χ1v) is 10.1. The largest absolute Gasteiger partial charge is 0.448 e. The summed E-state index contributed by atoms with van der Waals surface area (Å²) in [6.07, 6.45) is -4.00. The van der Waals surface area contributed by atoms with Gasteiger partial charge in [-0.25, -0.2) is 9.78 Å². The molecule has 2 aromatic rings. The van der Waals surface area contributed by atoms with Crippen LogP contribution in [0.25, 0.3) is 5.65 Å². The number of nitrogens with zero attached hydrogens (tertiary/aromatic N) is 4. The van der Waals surface area contributed by atoms with Gasteiger partial charge in [0.25, 0.3) is 5.91 Å². The van der Waals surface area contributed by atoms with Gasteiger partial charge >= 0.3 is 12.3 Å². The molecule has 2 aromatic heterocycles. The van der Waals surface area contributed by atoms with Crippen LogP contribution in [0.5, 0.6) is 0 Å². The number of aromatic nitrogens is 2. The van der Waals surface area contributed by atoms with Crippen LogP contribution < -0.4 is 0 Å². The molecule has 2 aliphatic rings. The summed E-state index contributed by atoms with van der Waals surface area (Å²) in [4.78, 5) is 31.7. The molecule has 2 aliphatic heterocycles. The van der Waals surface area contributed by atoms with Crippen LogP contribution in [0.2, 0.25) is 5.15 Å². The molecule has 1 atom stereocenters. The van der Waals surface area contributed by atoms with E-state index in [-0.39, 0.29) is 28.5 Å². The summed E-state index contributed by atoms with van der Waals surface area (Å²) in [6.45, 7) is 2.79. The van der Waals surface area contributed by atoms with E-state index in [2.05, 4.69) is 4.98 Å². The van der Waals surface area contributed by atoms with Crippen molar-refractivity contribution in [3.8, 4) is 0 Å². The minimum atomic E-state index is -4.75. The number of hydrogen-bond donors (Lipinski definition) is 1. The van der Waals surface area contributed by atoms with Gasteiger partial charge < -0.3 is 19.6 Å². The van der Waals surface area contributed by atoms with E-state index in [1.807, 2.05) is 0 Å². The second kappa shape index (κ2) is 7.86. The second-order valence-electron chi connectivity index (χ2n) is 7.64. The fourth-order valence-corrected chi connectivity index (χ4v) is 4.23. The summed E-state index contributed by atoms with van der Waals surface area (Å²) >= 11 is 6.26. The lowest BCUT2D eigenvalue weighted by atomic mass is 10.0. The minimum Gasteiger partial charge on any atom is -0.448 e. The lowest BCUT2D eigenvalue weighted by Crippen LogP contribution is -2.47. The molecule has 2 fully saturated rings. The van der Waals surface area contributed by atoms with Crippen molar-refractivity contribution in [1.29, 1.82) is 0 Å². The number of amides is 2. The molecule has 2 amide bonds. The summed E-state index contributed by atoms with van der Waals surface area (Å²) < 4.78 is 46.6. The second-order valence-corrected chi connectivity index (χ2v) is 7.99. The van der Waals surface area contributed by atoms with Crippen molar-refractivity contribution in [3.63, 3.8) is 0 Å². The molecule has 0 bridgehead atoms. The van der Waals surface area contributed by atoms with Crippen LogP contribution in [0.3, 0.4) is 0 Å². The molecule has 0 aliphatic carbocycles. The van der Waals surface area contributed by atoms with Crippen LogP contribution in [0, 0.1) is 0 Å². The number of rotatable bonds is 3. The lowest BCUT2D eigenvalue weighted by molar-refractivity contribution is -0.136. The van der Waals surface area contributed by atoms with Crippen molar-refractivity contribution in [3.05, 3.63) is 34.2 Å². The Balaban J connectivity index is 1.62. The topological polar surface area (TPSA) is 87.4 Å². The van der Waals surface area contributed by atoms with Gasteiger partial charge in [0.15, 0.2) is 11.3 Å². The first-order chi connectivity index (χ1) is 14.6. The fourth-order valence-electron chi connectivity index (χ4n) is 3.98. The zero-order chi connectivity index (χ0) is 22.5. The van der Waals surface area contributed by atoms with Crippen molar-refractivity contribution in [2.75, 3.05) is 26.2 Å². The molecule has 0 aromatic carbocycles. The lowest BCUT2D eigenvalue weighted by Gasteiger charge is -2.35. The minimum absolute atomic E-state index is 0.00330. The van der Waals surface area contributed by atoms with Crippen LogP contribution in [0.4, 0.5) is 18.0 Å². The van der Waals surface area contributed by atoms with E-state index in [0.29, 0.717) is 39.1 Å². The maximum atomic E-state index is 13.6. The van der Waals surface area contributed by atoms with Gasteiger partial charge in [0.1, 0.15) is 11.8 Å². The van der Waals surface area contributed by atoms with Crippen molar-refractivity contribution < 1.29 is 32.6 Å². The maximum absolute atomic E-state index is 13.6.